The molecule has 0 N–H and O–H groups in total. The van der Waals surface area contributed by atoms with Crippen molar-refractivity contribution in [1.29, 1.82) is 0 Å². The zero-order chi connectivity index (χ0) is 16.9. The zero-order valence-corrected chi connectivity index (χ0v) is 14.0. The Bertz CT molecular complexity index is 591. The highest BCUT2D eigenvalue weighted by Gasteiger charge is 2.31. The zero-order valence-electron chi connectivity index (χ0n) is 14.0. The van der Waals surface area contributed by atoms with Crippen LogP contribution in [0.4, 0.5) is 4.39 Å². The molecule has 24 heavy (non-hydrogen) atoms. The molecule has 4 nitrogen and oxygen atoms in total. The molecule has 0 bridgehead atoms. The first-order chi connectivity index (χ1) is 11.6. The SMILES string of the molecule is O=C(CCc1ccccc1F)N1CCC(C(=O)N2CCCC2)CC1. The second-order valence-electron chi connectivity index (χ2n) is 6.78. The summed E-state index contributed by atoms with van der Waals surface area (Å²) in [4.78, 5) is 28.5. The lowest BCUT2D eigenvalue weighted by molar-refractivity contribution is -0.140. The smallest absolute Gasteiger partial charge is 0.225 e. The molecule has 0 unspecified atom stereocenters. The fourth-order valence-corrected chi connectivity index (χ4v) is 3.67. The van der Waals surface area contributed by atoms with E-state index in [2.05, 4.69) is 0 Å². The van der Waals surface area contributed by atoms with Crippen LogP contribution in [0.3, 0.4) is 0 Å². The van der Waals surface area contributed by atoms with Crippen LogP contribution in [0.5, 0.6) is 0 Å². The minimum atomic E-state index is -0.250. The van der Waals surface area contributed by atoms with Crippen LogP contribution in [0, 0.1) is 11.7 Å². The number of carbonyl (C=O) groups excluding carboxylic acids is 2. The normalized spacial score (nSPS) is 18.9. The van der Waals surface area contributed by atoms with Crippen molar-refractivity contribution >= 4 is 11.8 Å². The Morgan fingerprint density at radius 2 is 1.67 bits per heavy atom. The van der Waals surface area contributed by atoms with Gasteiger partial charge in [-0.2, -0.15) is 0 Å². The van der Waals surface area contributed by atoms with E-state index in [-0.39, 0.29) is 23.5 Å². The number of hydrogen-bond acceptors (Lipinski definition) is 2. The topological polar surface area (TPSA) is 40.6 Å². The van der Waals surface area contributed by atoms with Crippen LogP contribution in [-0.2, 0) is 16.0 Å². The first kappa shape index (κ1) is 16.9. The molecule has 0 aliphatic carbocycles. The summed E-state index contributed by atoms with van der Waals surface area (Å²) in [5, 5.41) is 0. The van der Waals surface area contributed by atoms with E-state index in [1.807, 2.05) is 9.80 Å². The molecule has 1 aromatic rings. The number of carbonyl (C=O) groups is 2. The van der Waals surface area contributed by atoms with Gasteiger partial charge < -0.3 is 9.80 Å². The van der Waals surface area contributed by atoms with E-state index in [0.29, 0.717) is 31.5 Å². The molecule has 2 aliphatic rings. The molecule has 0 spiro atoms. The number of hydrogen-bond donors (Lipinski definition) is 0. The first-order valence-corrected chi connectivity index (χ1v) is 8.95. The van der Waals surface area contributed by atoms with Gasteiger partial charge in [-0.1, -0.05) is 18.2 Å². The lowest BCUT2D eigenvalue weighted by Gasteiger charge is -2.33. The highest BCUT2D eigenvalue weighted by Crippen LogP contribution is 2.22. The van der Waals surface area contributed by atoms with E-state index in [4.69, 9.17) is 0 Å². The predicted molar refractivity (Wildman–Crippen MR) is 89.8 cm³/mol. The fourth-order valence-electron chi connectivity index (χ4n) is 3.67. The molecule has 0 radical (unpaired) electrons. The van der Waals surface area contributed by atoms with E-state index in [1.165, 1.54) is 6.07 Å². The van der Waals surface area contributed by atoms with Gasteiger partial charge in [-0.3, -0.25) is 9.59 Å². The summed E-state index contributed by atoms with van der Waals surface area (Å²) in [5.74, 6) is 0.148. The summed E-state index contributed by atoms with van der Waals surface area (Å²) in [6, 6.07) is 6.60. The van der Waals surface area contributed by atoms with Gasteiger partial charge in [0.2, 0.25) is 11.8 Å². The lowest BCUT2D eigenvalue weighted by atomic mass is 9.95. The van der Waals surface area contributed by atoms with E-state index in [0.717, 1.165) is 38.8 Å². The molecule has 2 saturated heterocycles. The van der Waals surface area contributed by atoms with Crippen molar-refractivity contribution in [2.24, 2.45) is 5.92 Å². The highest BCUT2D eigenvalue weighted by molar-refractivity contribution is 5.80. The van der Waals surface area contributed by atoms with Gasteiger partial charge in [0.1, 0.15) is 5.82 Å². The third-order valence-electron chi connectivity index (χ3n) is 5.18. The molecule has 1 aromatic carbocycles. The Labute approximate surface area is 142 Å². The van der Waals surface area contributed by atoms with Gasteiger partial charge in [0.25, 0.3) is 0 Å². The Kier molecular flexibility index (Phi) is 5.48. The molecule has 2 fully saturated rings. The summed E-state index contributed by atoms with van der Waals surface area (Å²) in [5.41, 5.74) is 0.588. The van der Waals surface area contributed by atoms with Crippen LogP contribution in [0.1, 0.15) is 37.7 Å². The minimum absolute atomic E-state index is 0.0605. The van der Waals surface area contributed by atoms with Crippen LogP contribution in [-0.4, -0.2) is 47.8 Å². The molecule has 0 aromatic heterocycles. The van der Waals surface area contributed by atoms with Gasteiger partial charge >= 0.3 is 0 Å². The number of nitrogens with zero attached hydrogens (tertiary/aromatic N) is 2. The summed E-state index contributed by atoms with van der Waals surface area (Å²) in [7, 11) is 0. The molecule has 5 heteroatoms. The van der Waals surface area contributed by atoms with E-state index >= 15 is 0 Å². The number of rotatable bonds is 4. The largest absolute Gasteiger partial charge is 0.343 e. The Balaban J connectivity index is 1.45. The number of likely N-dealkylation sites (tertiary alicyclic amines) is 2. The van der Waals surface area contributed by atoms with Gasteiger partial charge in [0, 0.05) is 38.5 Å². The third-order valence-corrected chi connectivity index (χ3v) is 5.18. The molecule has 2 aliphatic heterocycles. The molecule has 2 amide bonds. The summed E-state index contributed by atoms with van der Waals surface area (Å²) in [6.45, 7) is 3.06. The summed E-state index contributed by atoms with van der Waals surface area (Å²) >= 11 is 0. The maximum absolute atomic E-state index is 13.6. The van der Waals surface area contributed by atoms with Crippen molar-refractivity contribution in [1.82, 2.24) is 9.80 Å². The van der Waals surface area contributed by atoms with Gasteiger partial charge in [-0.25, -0.2) is 4.39 Å². The van der Waals surface area contributed by atoms with E-state index in [1.54, 1.807) is 18.2 Å². The number of amides is 2. The van der Waals surface area contributed by atoms with Gasteiger partial charge in [-0.15, -0.1) is 0 Å². The standard InChI is InChI=1S/C19H25FN2O2/c20-17-6-2-1-5-15(17)7-8-18(23)21-13-9-16(10-14-21)19(24)22-11-3-4-12-22/h1-2,5-6,16H,3-4,7-14H2. The monoisotopic (exact) mass is 332 g/mol. The molecular formula is C19H25FN2O2. The van der Waals surface area contributed by atoms with Crippen molar-refractivity contribution in [2.75, 3.05) is 26.2 Å². The first-order valence-electron chi connectivity index (χ1n) is 8.95. The molecule has 3 rings (SSSR count). The van der Waals surface area contributed by atoms with Crippen molar-refractivity contribution in [3.8, 4) is 0 Å². The minimum Gasteiger partial charge on any atom is -0.343 e. The number of piperidine rings is 1. The Hall–Kier alpha value is -1.91. The maximum atomic E-state index is 13.6. The van der Waals surface area contributed by atoms with Crippen LogP contribution < -0.4 is 0 Å². The summed E-state index contributed by atoms with van der Waals surface area (Å²) < 4.78 is 13.6. The van der Waals surface area contributed by atoms with Crippen molar-refractivity contribution in [2.45, 2.75) is 38.5 Å². The molecular weight excluding hydrogens is 307 g/mol. The second kappa shape index (κ2) is 7.77. The Morgan fingerprint density at radius 1 is 1.00 bits per heavy atom. The van der Waals surface area contributed by atoms with Gasteiger partial charge in [-0.05, 0) is 43.7 Å². The fraction of sp³-hybridized carbons (Fsp3) is 0.579. The molecule has 0 atom stereocenters. The Morgan fingerprint density at radius 3 is 2.33 bits per heavy atom. The van der Waals surface area contributed by atoms with E-state index < -0.39 is 0 Å². The van der Waals surface area contributed by atoms with Gasteiger partial charge in [0.05, 0.1) is 0 Å². The predicted octanol–water partition coefficient (Wildman–Crippen LogP) is 2.62. The molecule has 2 heterocycles. The quantitative estimate of drug-likeness (QED) is 0.850. The second-order valence-corrected chi connectivity index (χ2v) is 6.78. The van der Waals surface area contributed by atoms with Gasteiger partial charge in [0.15, 0.2) is 0 Å². The third kappa shape index (κ3) is 3.94. The highest BCUT2D eigenvalue weighted by atomic mass is 19.1. The van der Waals surface area contributed by atoms with Crippen molar-refractivity contribution in [3.05, 3.63) is 35.6 Å². The van der Waals surface area contributed by atoms with Crippen LogP contribution in [0.15, 0.2) is 24.3 Å². The van der Waals surface area contributed by atoms with E-state index in [9.17, 15) is 14.0 Å². The summed E-state index contributed by atoms with van der Waals surface area (Å²) in [6.07, 6.45) is 4.48. The molecule has 0 saturated carbocycles. The maximum Gasteiger partial charge on any atom is 0.225 e. The molecule has 130 valence electrons. The van der Waals surface area contributed by atoms with Crippen LogP contribution in [0.25, 0.3) is 0 Å². The average Bonchev–Trinajstić information content (AvgIpc) is 3.15. The number of aryl methyl sites for hydroxylation is 1. The average molecular weight is 332 g/mol. The van der Waals surface area contributed by atoms with Crippen LogP contribution in [0.2, 0.25) is 0 Å². The lowest BCUT2D eigenvalue weighted by Crippen LogP contribution is -2.43. The van der Waals surface area contributed by atoms with Crippen molar-refractivity contribution < 1.29 is 14.0 Å². The number of halogens is 1. The number of benzene rings is 1. The van der Waals surface area contributed by atoms with Crippen LogP contribution >= 0.6 is 0 Å². The van der Waals surface area contributed by atoms with Crippen molar-refractivity contribution in [3.63, 3.8) is 0 Å².